The van der Waals surface area contributed by atoms with E-state index in [9.17, 15) is 9.59 Å². The monoisotopic (exact) mass is 437 g/mol. The van der Waals surface area contributed by atoms with Gasteiger partial charge in [0.2, 0.25) is 11.8 Å². The Morgan fingerprint density at radius 1 is 0.939 bits per heavy atom. The number of hydrogen-bond donors (Lipinski definition) is 1. The van der Waals surface area contributed by atoms with Crippen LogP contribution in [0.25, 0.3) is 6.08 Å². The molecule has 0 unspecified atom stereocenters. The lowest BCUT2D eigenvalue weighted by Gasteiger charge is -2.33. The highest BCUT2D eigenvalue weighted by Crippen LogP contribution is 2.34. The molecule has 0 radical (unpaired) electrons. The van der Waals surface area contributed by atoms with Gasteiger partial charge in [0.25, 0.3) is 0 Å². The first-order valence-corrected chi connectivity index (χ1v) is 11.4. The van der Waals surface area contributed by atoms with Gasteiger partial charge >= 0.3 is 0 Å². The zero-order valence-corrected chi connectivity index (χ0v) is 18.7. The molecule has 5 rings (SSSR count). The van der Waals surface area contributed by atoms with E-state index in [0.717, 1.165) is 42.0 Å². The molecule has 0 spiro atoms. The predicted octanol–water partition coefficient (Wildman–Crippen LogP) is 5.15. The summed E-state index contributed by atoms with van der Waals surface area (Å²) in [7, 11) is 0. The van der Waals surface area contributed by atoms with Gasteiger partial charge < -0.3 is 15.1 Å². The molecule has 3 aromatic rings. The van der Waals surface area contributed by atoms with Crippen molar-refractivity contribution in [2.24, 2.45) is 0 Å². The summed E-state index contributed by atoms with van der Waals surface area (Å²) in [5.41, 5.74) is 6.58. The topological polar surface area (TPSA) is 52.7 Å². The molecule has 1 atom stereocenters. The Labute approximate surface area is 194 Å². The number of carbonyl (C=O) groups is 2. The third-order valence-electron chi connectivity index (χ3n) is 6.50. The lowest BCUT2D eigenvalue weighted by atomic mass is 9.93. The average molecular weight is 438 g/mol. The summed E-state index contributed by atoms with van der Waals surface area (Å²) in [6.45, 7) is 3.26. The molecule has 0 fully saturated rings. The van der Waals surface area contributed by atoms with Crippen molar-refractivity contribution in [1.29, 1.82) is 0 Å². The van der Waals surface area contributed by atoms with E-state index >= 15 is 0 Å². The third-order valence-corrected chi connectivity index (χ3v) is 6.50. The number of benzene rings is 3. The molecule has 1 N–H and O–H groups in total. The van der Waals surface area contributed by atoms with Crippen molar-refractivity contribution >= 4 is 29.3 Å². The summed E-state index contributed by atoms with van der Waals surface area (Å²) >= 11 is 0. The van der Waals surface area contributed by atoms with Gasteiger partial charge in [0, 0.05) is 26.2 Å². The lowest BCUT2D eigenvalue weighted by molar-refractivity contribution is -0.129. The van der Waals surface area contributed by atoms with Gasteiger partial charge in [0.05, 0.1) is 23.8 Å². The van der Waals surface area contributed by atoms with Gasteiger partial charge in [0.15, 0.2) is 0 Å². The maximum atomic E-state index is 13.2. The number of rotatable bonds is 4. The molecule has 33 heavy (non-hydrogen) atoms. The number of carbonyl (C=O) groups excluding carboxylic acids is 2. The quantitative estimate of drug-likeness (QED) is 0.614. The molecule has 0 saturated carbocycles. The van der Waals surface area contributed by atoms with Crippen LogP contribution >= 0.6 is 0 Å². The number of amides is 2. The minimum absolute atomic E-state index is 0.0778. The number of hydrogen-bond acceptors (Lipinski definition) is 3. The highest BCUT2D eigenvalue weighted by Gasteiger charge is 2.28. The van der Waals surface area contributed by atoms with Crippen LogP contribution in [-0.4, -0.2) is 23.3 Å². The highest BCUT2D eigenvalue weighted by atomic mass is 16.2. The molecule has 2 aliphatic heterocycles. The summed E-state index contributed by atoms with van der Waals surface area (Å²) < 4.78 is 0. The molecule has 3 aromatic carbocycles. The van der Waals surface area contributed by atoms with E-state index in [1.807, 2.05) is 48.5 Å². The second-order valence-electron chi connectivity index (χ2n) is 8.60. The largest absolute Gasteiger partial charge is 0.365 e. The van der Waals surface area contributed by atoms with E-state index in [4.69, 9.17) is 0 Å². The van der Waals surface area contributed by atoms with Gasteiger partial charge in [-0.3, -0.25) is 9.59 Å². The van der Waals surface area contributed by atoms with Gasteiger partial charge in [-0.25, -0.2) is 0 Å². The number of nitrogens with one attached hydrogen (secondary N) is 1. The van der Waals surface area contributed by atoms with Gasteiger partial charge in [-0.15, -0.1) is 0 Å². The Kier molecular flexibility index (Phi) is 5.69. The van der Waals surface area contributed by atoms with E-state index in [0.29, 0.717) is 0 Å². The number of fused-ring (bicyclic) bond motifs is 2. The molecule has 2 aliphatic rings. The molecule has 5 nitrogen and oxygen atoms in total. The van der Waals surface area contributed by atoms with Gasteiger partial charge in [-0.2, -0.15) is 0 Å². The van der Waals surface area contributed by atoms with Crippen LogP contribution in [0, 0.1) is 0 Å². The van der Waals surface area contributed by atoms with Crippen molar-refractivity contribution in [3.05, 3.63) is 101 Å². The van der Waals surface area contributed by atoms with Crippen molar-refractivity contribution in [2.45, 2.75) is 32.4 Å². The second-order valence-corrected chi connectivity index (χ2v) is 8.60. The van der Waals surface area contributed by atoms with Crippen molar-refractivity contribution in [2.75, 3.05) is 16.8 Å². The summed E-state index contributed by atoms with van der Waals surface area (Å²) in [4.78, 5) is 29.4. The molecule has 2 heterocycles. The Bertz CT molecular complexity index is 1230. The third kappa shape index (κ3) is 4.27. The van der Waals surface area contributed by atoms with E-state index in [1.54, 1.807) is 11.1 Å². The zero-order chi connectivity index (χ0) is 22.8. The van der Waals surface area contributed by atoms with Gasteiger partial charge in [-0.1, -0.05) is 60.7 Å². The SMILES string of the molecule is CC(=O)N1C=Cc2ccccc2[C@@H]1CC(=O)Nc1ccccc1N1CCc2ccccc2C1. The Hall–Kier alpha value is -3.86. The lowest BCUT2D eigenvalue weighted by Crippen LogP contribution is -2.34. The van der Waals surface area contributed by atoms with E-state index in [-0.39, 0.29) is 24.3 Å². The summed E-state index contributed by atoms with van der Waals surface area (Å²) in [5.74, 6) is -0.188. The first-order chi connectivity index (χ1) is 16.1. The predicted molar refractivity (Wildman–Crippen MR) is 132 cm³/mol. The Balaban J connectivity index is 1.36. The van der Waals surface area contributed by atoms with Crippen LogP contribution in [-0.2, 0) is 22.6 Å². The maximum absolute atomic E-state index is 13.2. The maximum Gasteiger partial charge on any atom is 0.226 e. The molecule has 0 aromatic heterocycles. The molecule has 2 amide bonds. The van der Waals surface area contributed by atoms with E-state index in [1.165, 1.54) is 18.1 Å². The Morgan fingerprint density at radius 2 is 1.67 bits per heavy atom. The van der Waals surface area contributed by atoms with Crippen molar-refractivity contribution in [1.82, 2.24) is 4.90 Å². The first-order valence-electron chi connectivity index (χ1n) is 11.4. The van der Waals surface area contributed by atoms with Crippen molar-refractivity contribution < 1.29 is 9.59 Å². The van der Waals surface area contributed by atoms with Crippen molar-refractivity contribution in [3.8, 4) is 0 Å². The van der Waals surface area contributed by atoms with Crippen LogP contribution in [0.4, 0.5) is 11.4 Å². The minimum Gasteiger partial charge on any atom is -0.365 e. The summed E-state index contributed by atoms with van der Waals surface area (Å²) in [6.07, 6.45) is 4.88. The minimum atomic E-state index is -0.322. The van der Waals surface area contributed by atoms with Crippen LogP contribution in [0.2, 0.25) is 0 Å². The number of para-hydroxylation sites is 2. The summed E-state index contributed by atoms with van der Waals surface area (Å²) in [6, 6.07) is 24.1. The molecular weight excluding hydrogens is 410 g/mol. The van der Waals surface area contributed by atoms with Crippen LogP contribution in [0.5, 0.6) is 0 Å². The van der Waals surface area contributed by atoms with Crippen molar-refractivity contribution in [3.63, 3.8) is 0 Å². The van der Waals surface area contributed by atoms with Crippen LogP contribution in [0.1, 0.15) is 41.6 Å². The van der Waals surface area contributed by atoms with Crippen LogP contribution < -0.4 is 10.2 Å². The zero-order valence-electron chi connectivity index (χ0n) is 18.7. The van der Waals surface area contributed by atoms with Crippen LogP contribution in [0.15, 0.2) is 79.0 Å². The summed E-state index contributed by atoms with van der Waals surface area (Å²) in [5, 5.41) is 3.13. The van der Waals surface area contributed by atoms with Gasteiger partial charge in [0.1, 0.15) is 0 Å². The molecular formula is C28H27N3O2. The van der Waals surface area contributed by atoms with Gasteiger partial charge in [-0.05, 0) is 46.9 Å². The number of nitrogens with zero attached hydrogens (tertiary/aromatic N) is 2. The fraction of sp³-hybridized carbons (Fsp3) is 0.214. The molecule has 0 bridgehead atoms. The molecule has 0 aliphatic carbocycles. The molecule has 5 heteroatoms. The van der Waals surface area contributed by atoms with Crippen LogP contribution in [0.3, 0.4) is 0 Å². The Morgan fingerprint density at radius 3 is 2.52 bits per heavy atom. The molecule has 166 valence electrons. The second kappa shape index (κ2) is 8.94. The molecule has 0 saturated heterocycles. The first kappa shape index (κ1) is 21.0. The van der Waals surface area contributed by atoms with E-state index in [2.05, 4.69) is 40.5 Å². The average Bonchev–Trinajstić information content (AvgIpc) is 2.84. The fourth-order valence-corrected chi connectivity index (χ4v) is 4.85. The number of anilines is 2. The smallest absolute Gasteiger partial charge is 0.226 e. The normalized spacial score (nSPS) is 16.7. The standard InChI is InChI=1S/C28H27N3O2/c1-20(32)31-17-15-22-9-4-5-11-24(22)27(31)18-28(33)29-25-12-6-7-13-26(25)30-16-14-21-8-2-3-10-23(21)19-30/h2-13,15,17,27H,14,16,18-19H2,1H3,(H,29,33)/t27-/m0/s1. The highest BCUT2D eigenvalue weighted by molar-refractivity contribution is 5.95. The fourth-order valence-electron chi connectivity index (χ4n) is 4.85. The van der Waals surface area contributed by atoms with E-state index < -0.39 is 0 Å².